The number of carbonyl (C=O) groups excluding carboxylic acids is 2. The van der Waals surface area contributed by atoms with Crippen molar-refractivity contribution in [1.29, 1.82) is 0 Å². The Hall–Kier alpha value is -3.16. The Balaban J connectivity index is 1.87. The molecule has 27 heavy (non-hydrogen) atoms. The van der Waals surface area contributed by atoms with Crippen molar-refractivity contribution < 1.29 is 27.8 Å². The summed E-state index contributed by atoms with van der Waals surface area (Å²) >= 11 is 0. The van der Waals surface area contributed by atoms with E-state index in [1.807, 2.05) is 6.92 Å². The van der Waals surface area contributed by atoms with Gasteiger partial charge in [0.2, 0.25) is 5.91 Å². The molecule has 0 aromatic heterocycles. The summed E-state index contributed by atoms with van der Waals surface area (Å²) in [5.74, 6) is -2.00. The molecule has 0 aliphatic carbocycles. The number of hydrogen-bond acceptors (Lipinski definition) is 4. The van der Waals surface area contributed by atoms with Gasteiger partial charge in [-0.05, 0) is 49.2 Å². The molecule has 2 rings (SSSR count). The Morgan fingerprint density at radius 1 is 1.00 bits per heavy atom. The molecule has 0 fully saturated rings. The van der Waals surface area contributed by atoms with E-state index in [0.717, 1.165) is 12.1 Å². The molecule has 2 aromatic carbocycles. The monoisotopic (exact) mass is 378 g/mol. The van der Waals surface area contributed by atoms with Crippen LogP contribution in [0.4, 0.5) is 8.78 Å². The fourth-order valence-corrected chi connectivity index (χ4v) is 2.30. The standard InChI is InChI=1S/C19H20F2N2O4/c1-3-27-16-8-6-13(11-17(16)26-2)19(25)23-22-18(24)9-5-12-4-7-14(20)15(21)10-12/h4,6-8,10-11H,3,5,9H2,1-2H3,(H,22,24)(H,23,25). The lowest BCUT2D eigenvalue weighted by atomic mass is 10.1. The first-order valence-corrected chi connectivity index (χ1v) is 8.28. The Bertz CT molecular complexity index is 827. The van der Waals surface area contributed by atoms with Crippen LogP contribution < -0.4 is 20.3 Å². The van der Waals surface area contributed by atoms with Gasteiger partial charge in [0, 0.05) is 12.0 Å². The van der Waals surface area contributed by atoms with E-state index in [2.05, 4.69) is 10.9 Å². The SMILES string of the molecule is CCOc1ccc(C(=O)NNC(=O)CCc2ccc(F)c(F)c2)cc1OC. The van der Waals surface area contributed by atoms with Crippen molar-refractivity contribution >= 4 is 11.8 Å². The molecule has 0 aliphatic heterocycles. The smallest absolute Gasteiger partial charge is 0.269 e. The van der Waals surface area contributed by atoms with Crippen LogP contribution in [0.25, 0.3) is 0 Å². The Morgan fingerprint density at radius 2 is 1.78 bits per heavy atom. The molecule has 2 N–H and O–H groups in total. The molecule has 0 radical (unpaired) electrons. The van der Waals surface area contributed by atoms with Crippen LogP contribution >= 0.6 is 0 Å². The second kappa shape index (κ2) is 9.51. The number of hydrazine groups is 1. The fourth-order valence-electron chi connectivity index (χ4n) is 2.30. The number of rotatable bonds is 7. The minimum Gasteiger partial charge on any atom is -0.493 e. The van der Waals surface area contributed by atoms with E-state index < -0.39 is 23.4 Å². The lowest BCUT2D eigenvalue weighted by Gasteiger charge is -2.11. The normalized spacial score (nSPS) is 10.2. The number of benzene rings is 2. The summed E-state index contributed by atoms with van der Waals surface area (Å²) in [4.78, 5) is 24.0. The zero-order valence-electron chi connectivity index (χ0n) is 15.0. The molecule has 0 atom stereocenters. The van der Waals surface area contributed by atoms with Crippen molar-refractivity contribution in [2.75, 3.05) is 13.7 Å². The second-order valence-electron chi connectivity index (χ2n) is 5.55. The largest absolute Gasteiger partial charge is 0.493 e. The summed E-state index contributed by atoms with van der Waals surface area (Å²) in [6.07, 6.45) is 0.202. The van der Waals surface area contributed by atoms with E-state index in [0.29, 0.717) is 23.7 Å². The molecular weight excluding hydrogens is 358 g/mol. The van der Waals surface area contributed by atoms with Crippen LogP contribution in [0.3, 0.4) is 0 Å². The summed E-state index contributed by atoms with van der Waals surface area (Å²) in [6, 6.07) is 8.07. The zero-order chi connectivity index (χ0) is 19.8. The third-order valence-electron chi connectivity index (χ3n) is 3.67. The molecule has 0 saturated carbocycles. The molecule has 0 saturated heterocycles. The van der Waals surface area contributed by atoms with Crippen LogP contribution in [0.15, 0.2) is 36.4 Å². The highest BCUT2D eigenvalue weighted by molar-refractivity contribution is 5.96. The quantitative estimate of drug-likeness (QED) is 0.727. The van der Waals surface area contributed by atoms with Gasteiger partial charge < -0.3 is 9.47 Å². The van der Waals surface area contributed by atoms with E-state index in [9.17, 15) is 18.4 Å². The third kappa shape index (κ3) is 5.67. The highest BCUT2D eigenvalue weighted by atomic mass is 19.2. The van der Waals surface area contributed by atoms with E-state index in [1.54, 1.807) is 6.07 Å². The molecule has 2 amide bonds. The maximum atomic E-state index is 13.1. The molecular formula is C19H20F2N2O4. The van der Waals surface area contributed by atoms with Crippen LogP contribution in [-0.2, 0) is 11.2 Å². The average molecular weight is 378 g/mol. The van der Waals surface area contributed by atoms with Crippen molar-refractivity contribution in [2.45, 2.75) is 19.8 Å². The van der Waals surface area contributed by atoms with Crippen LogP contribution in [0.2, 0.25) is 0 Å². The molecule has 6 nitrogen and oxygen atoms in total. The van der Waals surface area contributed by atoms with Gasteiger partial charge in [0.05, 0.1) is 13.7 Å². The van der Waals surface area contributed by atoms with Crippen molar-refractivity contribution in [2.24, 2.45) is 0 Å². The molecule has 0 bridgehead atoms. The van der Waals surface area contributed by atoms with Crippen molar-refractivity contribution in [3.05, 3.63) is 59.2 Å². The predicted octanol–water partition coefficient (Wildman–Crippen LogP) is 2.77. The van der Waals surface area contributed by atoms with Crippen LogP contribution in [0.1, 0.15) is 29.3 Å². The number of aryl methyl sites for hydroxylation is 1. The molecule has 144 valence electrons. The van der Waals surface area contributed by atoms with Gasteiger partial charge in [-0.25, -0.2) is 8.78 Å². The van der Waals surface area contributed by atoms with Gasteiger partial charge in [-0.3, -0.25) is 20.4 Å². The van der Waals surface area contributed by atoms with Crippen LogP contribution in [0.5, 0.6) is 11.5 Å². The van der Waals surface area contributed by atoms with E-state index in [-0.39, 0.29) is 18.4 Å². The first kappa shape index (κ1) is 20.2. The number of halogens is 2. The number of carbonyl (C=O) groups is 2. The fraction of sp³-hybridized carbons (Fsp3) is 0.263. The van der Waals surface area contributed by atoms with Gasteiger partial charge in [0.15, 0.2) is 23.1 Å². The van der Waals surface area contributed by atoms with Gasteiger partial charge in [-0.2, -0.15) is 0 Å². The minimum absolute atomic E-state index is 0.00203. The maximum absolute atomic E-state index is 13.1. The molecule has 0 spiro atoms. The van der Waals surface area contributed by atoms with E-state index in [1.165, 1.54) is 25.3 Å². The number of amides is 2. The summed E-state index contributed by atoms with van der Waals surface area (Å²) in [6.45, 7) is 2.28. The summed E-state index contributed by atoms with van der Waals surface area (Å²) in [7, 11) is 1.46. The first-order valence-electron chi connectivity index (χ1n) is 8.28. The summed E-state index contributed by atoms with van der Waals surface area (Å²) in [5, 5.41) is 0. The predicted molar refractivity (Wildman–Crippen MR) is 94.5 cm³/mol. The van der Waals surface area contributed by atoms with Gasteiger partial charge in [-0.15, -0.1) is 0 Å². The zero-order valence-corrected chi connectivity index (χ0v) is 15.0. The molecule has 0 unspecified atom stereocenters. The number of methoxy groups -OCH3 is 1. The number of nitrogens with one attached hydrogen (secondary N) is 2. The van der Waals surface area contributed by atoms with E-state index >= 15 is 0 Å². The van der Waals surface area contributed by atoms with E-state index in [4.69, 9.17) is 9.47 Å². The van der Waals surface area contributed by atoms with Crippen molar-refractivity contribution in [3.63, 3.8) is 0 Å². The van der Waals surface area contributed by atoms with Gasteiger partial charge in [0.1, 0.15) is 0 Å². The molecule has 0 aliphatic rings. The topological polar surface area (TPSA) is 76.7 Å². The second-order valence-corrected chi connectivity index (χ2v) is 5.55. The Morgan fingerprint density at radius 3 is 2.44 bits per heavy atom. The van der Waals surface area contributed by atoms with Crippen molar-refractivity contribution in [1.82, 2.24) is 10.9 Å². The number of hydrogen-bond donors (Lipinski definition) is 2. The highest BCUT2D eigenvalue weighted by Crippen LogP contribution is 2.27. The highest BCUT2D eigenvalue weighted by Gasteiger charge is 2.12. The van der Waals surface area contributed by atoms with Crippen LogP contribution in [0, 0.1) is 11.6 Å². The number of ether oxygens (including phenoxy) is 2. The Labute approximate surface area is 155 Å². The first-order chi connectivity index (χ1) is 12.9. The summed E-state index contributed by atoms with van der Waals surface area (Å²) in [5.41, 5.74) is 5.32. The van der Waals surface area contributed by atoms with Gasteiger partial charge in [-0.1, -0.05) is 6.07 Å². The third-order valence-corrected chi connectivity index (χ3v) is 3.67. The average Bonchev–Trinajstić information content (AvgIpc) is 2.67. The van der Waals surface area contributed by atoms with Gasteiger partial charge >= 0.3 is 0 Å². The van der Waals surface area contributed by atoms with Crippen LogP contribution in [-0.4, -0.2) is 25.5 Å². The van der Waals surface area contributed by atoms with Gasteiger partial charge in [0.25, 0.3) is 5.91 Å². The minimum atomic E-state index is -0.967. The van der Waals surface area contributed by atoms with Crippen molar-refractivity contribution in [3.8, 4) is 11.5 Å². The molecule has 2 aromatic rings. The Kier molecular flexibility index (Phi) is 7.10. The summed E-state index contributed by atoms with van der Waals surface area (Å²) < 4.78 is 36.5. The maximum Gasteiger partial charge on any atom is 0.269 e. The lowest BCUT2D eigenvalue weighted by molar-refractivity contribution is -0.121. The molecule has 8 heteroatoms. The molecule has 0 heterocycles. The lowest BCUT2D eigenvalue weighted by Crippen LogP contribution is -2.41.